The van der Waals surface area contributed by atoms with Gasteiger partial charge in [0.1, 0.15) is 0 Å². The summed E-state index contributed by atoms with van der Waals surface area (Å²) in [6, 6.07) is 16.0. The Bertz CT molecular complexity index is 576. The number of hydrogen-bond acceptors (Lipinski definition) is 0. The zero-order chi connectivity index (χ0) is 18.2. The van der Waals surface area contributed by atoms with Gasteiger partial charge in [0.2, 0.25) is 0 Å². The van der Waals surface area contributed by atoms with Crippen LogP contribution < -0.4 is 5.19 Å². The van der Waals surface area contributed by atoms with Gasteiger partial charge in [-0.15, -0.1) is 33.2 Å². The van der Waals surface area contributed by atoms with Gasteiger partial charge in [-0.05, 0) is 41.0 Å². The Kier molecular flexibility index (Phi) is 9.44. The van der Waals surface area contributed by atoms with Crippen LogP contribution in [0.2, 0.25) is 0 Å². The average Bonchev–Trinajstić information content (AvgIpc) is 2.57. The number of hydrogen-bond donors (Lipinski definition) is 0. The number of rotatable bonds is 6. The second-order valence-corrected chi connectivity index (χ2v) is 14.5. The molecule has 2 aromatic carbocycles. The molecule has 2 rings (SSSR count). The van der Waals surface area contributed by atoms with Crippen LogP contribution in [0.1, 0.15) is 38.8 Å². The van der Waals surface area contributed by atoms with Crippen molar-refractivity contribution in [3.63, 3.8) is 0 Å². The van der Waals surface area contributed by atoms with Crippen LogP contribution in [0.5, 0.6) is 0 Å². The minimum atomic E-state index is -2.75. The first-order chi connectivity index (χ1) is 11.4. The van der Waals surface area contributed by atoms with Gasteiger partial charge >= 0.3 is 6.00 Å². The molecule has 132 valence electrons. The Hall–Kier alpha value is -0.473. The maximum atomic E-state index is 6.03. The summed E-state index contributed by atoms with van der Waals surface area (Å²) in [5.74, 6) is 1.24. The minimum absolute atomic E-state index is 0.607. The van der Waals surface area contributed by atoms with Gasteiger partial charge in [0.25, 0.3) is 0 Å². The summed E-state index contributed by atoms with van der Waals surface area (Å²) >= 11 is 18.1. The van der Waals surface area contributed by atoms with Crippen LogP contribution in [0.15, 0.2) is 54.6 Å². The van der Waals surface area contributed by atoms with E-state index in [2.05, 4.69) is 56.3 Å². The average molecular weight is 402 g/mol. The molecule has 0 bridgehead atoms. The molecule has 0 heterocycles. The van der Waals surface area contributed by atoms with Crippen molar-refractivity contribution in [1.29, 1.82) is 0 Å². The summed E-state index contributed by atoms with van der Waals surface area (Å²) in [7, 11) is 0. The molecule has 0 aliphatic carbocycles. The molecule has 0 radical (unpaired) electrons. The second-order valence-electron chi connectivity index (χ2n) is 6.04. The molecular weight excluding hydrogens is 375 g/mol. The fourth-order valence-electron chi connectivity index (χ4n) is 2.59. The second kappa shape index (κ2) is 10.5. The predicted molar refractivity (Wildman–Crippen MR) is 113 cm³/mol. The lowest BCUT2D eigenvalue weighted by atomic mass is 9.85. The van der Waals surface area contributed by atoms with E-state index in [0.717, 1.165) is 18.0 Å². The first-order valence-corrected chi connectivity index (χ1v) is 13.6. The Balaban J connectivity index is 0.00000139. The van der Waals surface area contributed by atoms with Gasteiger partial charge in [-0.3, -0.25) is 0 Å². The maximum absolute atomic E-state index is 6.03. The van der Waals surface area contributed by atoms with E-state index in [-0.39, 0.29) is 0 Å². The van der Waals surface area contributed by atoms with Crippen LogP contribution in [0, 0.1) is 11.8 Å². The van der Waals surface area contributed by atoms with Gasteiger partial charge in [-0.1, -0.05) is 82.3 Å². The molecule has 4 heteroatoms. The Morgan fingerprint density at radius 3 is 1.54 bits per heavy atom. The molecule has 2 unspecified atom stereocenters. The van der Waals surface area contributed by atoms with Crippen molar-refractivity contribution < 1.29 is 0 Å². The van der Waals surface area contributed by atoms with Crippen molar-refractivity contribution in [2.24, 2.45) is 11.8 Å². The van der Waals surface area contributed by atoms with E-state index < -0.39 is 6.00 Å². The third-order valence-corrected chi connectivity index (χ3v) is 7.16. The molecule has 0 aliphatic rings. The fourth-order valence-corrected chi connectivity index (χ4v) is 4.27. The van der Waals surface area contributed by atoms with Gasteiger partial charge in [0.15, 0.2) is 0 Å². The summed E-state index contributed by atoms with van der Waals surface area (Å²) in [5, 5.41) is 0.853. The maximum Gasteiger partial charge on any atom is 0.372 e. The van der Waals surface area contributed by atoms with Gasteiger partial charge < -0.3 is 0 Å². The van der Waals surface area contributed by atoms with Crippen molar-refractivity contribution >= 4 is 44.4 Å². The van der Waals surface area contributed by atoms with E-state index in [1.54, 1.807) is 0 Å². The van der Waals surface area contributed by atoms with Crippen LogP contribution in [0.25, 0.3) is 0 Å². The molecule has 0 N–H and O–H groups in total. The zero-order valence-electron chi connectivity index (χ0n) is 14.9. The molecule has 0 fully saturated rings. The van der Waals surface area contributed by atoms with E-state index >= 15 is 0 Å². The van der Waals surface area contributed by atoms with E-state index in [1.807, 2.05) is 26.0 Å². The highest BCUT2D eigenvalue weighted by Gasteiger charge is 2.27. The molecule has 2 aromatic rings. The molecule has 2 atom stereocenters. The fraction of sp³-hybridized carbons (Fsp3) is 0.400. The van der Waals surface area contributed by atoms with Gasteiger partial charge in [0, 0.05) is 0 Å². The third-order valence-electron chi connectivity index (χ3n) is 4.21. The summed E-state index contributed by atoms with van der Waals surface area (Å²) in [6.07, 6.45) is 2.16. The van der Waals surface area contributed by atoms with Crippen LogP contribution in [-0.4, -0.2) is 6.00 Å². The van der Waals surface area contributed by atoms with Gasteiger partial charge in [-0.2, -0.15) is 0 Å². The molecule has 0 nitrogen and oxygen atoms in total. The molecule has 0 aromatic heterocycles. The van der Waals surface area contributed by atoms with E-state index in [9.17, 15) is 0 Å². The first-order valence-electron chi connectivity index (χ1n) is 8.56. The van der Waals surface area contributed by atoms with Crippen LogP contribution in [-0.2, 0) is 12.8 Å². The van der Waals surface area contributed by atoms with Gasteiger partial charge in [-0.25, -0.2) is 0 Å². The quantitative estimate of drug-likeness (QED) is 0.376. The summed E-state index contributed by atoms with van der Waals surface area (Å²) in [6.45, 7) is 8.63. The minimum Gasteiger partial charge on any atom is -0.121 e. The summed E-state index contributed by atoms with van der Waals surface area (Å²) < 4.78 is 0. The number of halogens is 3. The largest absolute Gasteiger partial charge is 0.372 e. The first kappa shape index (κ1) is 21.6. The highest BCUT2D eigenvalue weighted by molar-refractivity contribution is 7.69. The molecule has 0 saturated carbocycles. The highest BCUT2D eigenvalue weighted by Crippen LogP contribution is 2.23. The molecule has 0 saturated heterocycles. The summed E-state index contributed by atoms with van der Waals surface area (Å²) in [5.41, 5.74) is 2.71. The van der Waals surface area contributed by atoms with Crippen LogP contribution in [0.4, 0.5) is 0 Å². The van der Waals surface area contributed by atoms with Crippen molar-refractivity contribution in [3.8, 4) is 0 Å². The smallest absolute Gasteiger partial charge is 0.121 e. The van der Waals surface area contributed by atoms with Crippen molar-refractivity contribution in [1.82, 2.24) is 0 Å². The molecule has 0 aliphatic heterocycles. The third kappa shape index (κ3) is 7.19. The van der Waals surface area contributed by atoms with E-state index in [1.165, 1.54) is 11.1 Å². The number of benzene rings is 2. The van der Waals surface area contributed by atoms with Crippen molar-refractivity contribution in [2.45, 2.75) is 40.5 Å². The molecule has 0 amide bonds. The monoisotopic (exact) mass is 400 g/mol. The summed E-state index contributed by atoms with van der Waals surface area (Å²) in [4.78, 5) is 0. The Labute approximate surface area is 162 Å². The Morgan fingerprint density at radius 1 is 0.708 bits per heavy atom. The van der Waals surface area contributed by atoms with Crippen LogP contribution >= 0.6 is 33.2 Å². The molecule has 24 heavy (non-hydrogen) atoms. The zero-order valence-corrected chi connectivity index (χ0v) is 18.2. The lowest BCUT2D eigenvalue weighted by Gasteiger charge is -2.20. The van der Waals surface area contributed by atoms with Crippen LogP contribution in [0.3, 0.4) is 0 Å². The van der Waals surface area contributed by atoms with Gasteiger partial charge in [0.05, 0.1) is 0 Å². The van der Waals surface area contributed by atoms with Crippen molar-refractivity contribution in [3.05, 3.63) is 65.7 Å². The lowest BCUT2D eigenvalue weighted by Crippen LogP contribution is -2.29. The van der Waals surface area contributed by atoms with Crippen molar-refractivity contribution in [2.75, 3.05) is 0 Å². The lowest BCUT2D eigenvalue weighted by molar-refractivity contribution is 0.383. The normalized spacial score (nSPS) is 13.6. The predicted octanol–water partition coefficient (Wildman–Crippen LogP) is 6.63. The standard InChI is InChI=1S/C18H21Cl3Si.C2H6/c1-14(12-16-6-4-3-5-7-16)15(2)13-17-8-10-18(11-9-17)22(19,20)21;1-2/h3-11,14-15H,12-13H2,1-2H3;1-2H3. The topological polar surface area (TPSA) is 0 Å². The Morgan fingerprint density at radius 2 is 1.12 bits per heavy atom. The molecular formula is C20H27Cl3Si. The highest BCUT2D eigenvalue weighted by atomic mass is 35.8. The molecule has 0 spiro atoms. The SMILES string of the molecule is CC.CC(Cc1ccccc1)C(C)Cc1ccc([Si](Cl)(Cl)Cl)cc1. The van der Waals surface area contributed by atoms with E-state index in [4.69, 9.17) is 33.2 Å². The van der Waals surface area contributed by atoms with E-state index in [0.29, 0.717) is 11.8 Å².